The molecule has 3 aliphatic rings. The quantitative estimate of drug-likeness (QED) is 0.406. The number of anilines is 1. The molecule has 7 nitrogen and oxygen atoms in total. The predicted molar refractivity (Wildman–Crippen MR) is 156 cm³/mol. The lowest BCUT2D eigenvalue weighted by molar-refractivity contribution is -0.140. The summed E-state index contributed by atoms with van der Waals surface area (Å²) in [6.07, 6.45) is 2.53. The first-order chi connectivity index (χ1) is 19.3. The van der Waals surface area contributed by atoms with E-state index in [4.69, 9.17) is 11.6 Å². The van der Waals surface area contributed by atoms with Crippen molar-refractivity contribution in [1.29, 1.82) is 0 Å². The number of hydrogen-bond acceptors (Lipinski definition) is 6. The first-order valence-electron chi connectivity index (χ1n) is 13.8. The molecule has 3 aromatic rings. The van der Waals surface area contributed by atoms with Crippen molar-refractivity contribution in [2.45, 2.75) is 44.2 Å². The fourth-order valence-electron chi connectivity index (χ4n) is 6.36. The Hall–Kier alpha value is -3.20. The lowest BCUT2D eigenvalue weighted by atomic mass is 9.84. The van der Waals surface area contributed by atoms with Crippen molar-refractivity contribution >= 4 is 46.3 Å². The fraction of sp³-hybridized carbons (Fsp3) is 0.387. The van der Waals surface area contributed by atoms with E-state index < -0.39 is 5.60 Å². The molecule has 0 spiro atoms. The molecule has 0 saturated carbocycles. The van der Waals surface area contributed by atoms with Crippen LogP contribution in [0, 0.1) is 5.92 Å². The highest BCUT2D eigenvalue weighted by Crippen LogP contribution is 2.39. The van der Waals surface area contributed by atoms with Crippen molar-refractivity contribution in [2.75, 3.05) is 31.1 Å². The van der Waals surface area contributed by atoms with Crippen molar-refractivity contribution in [1.82, 2.24) is 9.80 Å². The molecule has 0 aliphatic carbocycles. The Balaban J connectivity index is 1.16. The summed E-state index contributed by atoms with van der Waals surface area (Å²) in [5.41, 5.74) is 1.45. The first kappa shape index (κ1) is 27.0. The number of carbonyl (C=O) groups excluding carboxylic acids is 3. The van der Waals surface area contributed by atoms with Gasteiger partial charge in [0.25, 0.3) is 11.8 Å². The molecule has 6 rings (SSSR count). The summed E-state index contributed by atoms with van der Waals surface area (Å²) in [6.45, 7) is 4.07. The molecule has 2 saturated heterocycles. The van der Waals surface area contributed by atoms with Gasteiger partial charge in [-0.25, -0.2) is 0 Å². The van der Waals surface area contributed by atoms with Crippen LogP contribution in [0.25, 0.3) is 0 Å². The Morgan fingerprint density at radius 1 is 1.02 bits per heavy atom. The molecule has 9 heteroatoms. The minimum Gasteiger partial charge on any atom is -0.385 e. The number of halogens is 1. The summed E-state index contributed by atoms with van der Waals surface area (Å²) in [5, 5.41) is 13.8. The Morgan fingerprint density at radius 2 is 1.77 bits per heavy atom. The molecule has 0 unspecified atom stereocenters. The van der Waals surface area contributed by atoms with Crippen LogP contribution in [0.4, 0.5) is 5.69 Å². The van der Waals surface area contributed by atoms with Crippen LogP contribution in [0.3, 0.4) is 0 Å². The number of imide groups is 1. The van der Waals surface area contributed by atoms with Crippen molar-refractivity contribution < 1.29 is 19.5 Å². The number of rotatable bonds is 5. The third kappa shape index (κ3) is 4.72. The van der Waals surface area contributed by atoms with E-state index in [9.17, 15) is 19.5 Å². The number of piperidine rings is 2. The zero-order valence-electron chi connectivity index (χ0n) is 22.4. The number of hydrogen-bond donors (Lipinski definition) is 1. The molecule has 3 aliphatic heterocycles. The molecule has 0 bridgehead atoms. The van der Waals surface area contributed by atoms with Crippen molar-refractivity contribution in [2.24, 2.45) is 5.92 Å². The van der Waals surface area contributed by atoms with Gasteiger partial charge in [-0.05, 0) is 73.9 Å². The third-order valence-corrected chi connectivity index (χ3v) is 9.96. The number of thiophene rings is 1. The Kier molecular flexibility index (Phi) is 7.19. The number of aliphatic hydroxyl groups is 1. The Morgan fingerprint density at radius 3 is 2.48 bits per heavy atom. The van der Waals surface area contributed by atoms with Gasteiger partial charge in [0.15, 0.2) is 0 Å². The van der Waals surface area contributed by atoms with Gasteiger partial charge in [0, 0.05) is 36.1 Å². The molecule has 40 heavy (non-hydrogen) atoms. The molecule has 3 amide bonds. The van der Waals surface area contributed by atoms with Crippen LogP contribution in [0.15, 0.2) is 60.0 Å². The highest BCUT2D eigenvalue weighted by molar-refractivity contribution is 7.10. The summed E-state index contributed by atoms with van der Waals surface area (Å²) in [5.74, 6) is -0.665. The Labute approximate surface area is 243 Å². The second-order valence-electron chi connectivity index (χ2n) is 11.0. The van der Waals surface area contributed by atoms with Gasteiger partial charge < -0.3 is 14.9 Å². The molecular weight excluding hydrogens is 546 g/mol. The SMILES string of the molecule is C[C@H](c1cccs1)N1C(=O)c2cccc(N3CCC[C@H](C(=O)N4CCC(O)(c5ccc(Cl)cc5)CC4)C3)c2C1=O. The van der Waals surface area contributed by atoms with E-state index >= 15 is 0 Å². The maximum Gasteiger partial charge on any atom is 0.264 e. The molecule has 2 aromatic carbocycles. The lowest BCUT2D eigenvalue weighted by Crippen LogP contribution is -2.50. The number of benzene rings is 2. The molecule has 2 fully saturated rings. The van der Waals surface area contributed by atoms with Crippen LogP contribution < -0.4 is 4.90 Å². The van der Waals surface area contributed by atoms with Crippen LogP contribution in [0.1, 0.15) is 69.8 Å². The number of fused-ring (bicyclic) bond motifs is 1. The van der Waals surface area contributed by atoms with E-state index in [0.29, 0.717) is 48.6 Å². The maximum absolute atomic E-state index is 13.6. The fourth-order valence-corrected chi connectivity index (χ4v) is 7.26. The van der Waals surface area contributed by atoms with E-state index in [1.54, 1.807) is 18.2 Å². The average molecular weight is 578 g/mol. The predicted octanol–water partition coefficient (Wildman–Crippen LogP) is 5.49. The zero-order chi connectivity index (χ0) is 28.0. The summed E-state index contributed by atoms with van der Waals surface area (Å²) < 4.78 is 0. The number of likely N-dealkylation sites (tertiary alicyclic amines) is 1. The average Bonchev–Trinajstić information content (AvgIpc) is 3.60. The largest absolute Gasteiger partial charge is 0.385 e. The van der Waals surface area contributed by atoms with Gasteiger partial charge in [0.1, 0.15) is 0 Å². The first-order valence-corrected chi connectivity index (χ1v) is 15.1. The summed E-state index contributed by atoms with van der Waals surface area (Å²) in [7, 11) is 0. The molecule has 2 atom stereocenters. The monoisotopic (exact) mass is 577 g/mol. The number of nitrogens with zero attached hydrogens (tertiary/aromatic N) is 3. The van der Waals surface area contributed by atoms with Crippen LogP contribution in [0.5, 0.6) is 0 Å². The maximum atomic E-state index is 13.6. The normalized spacial score (nSPS) is 21.5. The van der Waals surface area contributed by atoms with Crippen LogP contribution in [-0.2, 0) is 10.4 Å². The minimum atomic E-state index is -0.969. The minimum absolute atomic E-state index is 0.0887. The molecule has 1 N–H and O–H groups in total. The van der Waals surface area contributed by atoms with E-state index in [-0.39, 0.29) is 29.7 Å². The van der Waals surface area contributed by atoms with E-state index in [0.717, 1.165) is 35.5 Å². The van der Waals surface area contributed by atoms with Gasteiger partial charge in [-0.3, -0.25) is 19.3 Å². The third-order valence-electron chi connectivity index (χ3n) is 8.66. The lowest BCUT2D eigenvalue weighted by Gasteiger charge is -2.41. The van der Waals surface area contributed by atoms with Gasteiger partial charge in [0.2, 0.25) is 5.91 Å². The summed E-state index contributed by atoms with van der Waals surface area (Å²) in [6, 6.07) is 16.2. The van der Waals surface area contributed by atoms with Gasteiger partial charge in [-0.2, -0.15) is 0 Å². The number of amides is 3. The van der Waals surface area contributed by atoms with Crippen LogP contribution >= 0.6 is 22.9 Å². The second kappa shape index (κ2) is 10.7. The molecule has 208 valence electrons. The topological polar surface area (TPSA) is 81.2 Å². The molecule has 4 heterocycles. The molecule has 1 aromatic heterocycles. The standard InChI is InChI=1S/C31H32ClN3O4S/c1-20(26-8-4-18-40-26)35-29(37)24-6-2-7-25(27(24)30(35)38)34-15-3-5-21(19-34)28(36)33-16-13-31(39,14-17-33)22-9-11-23(32)12-10-22/h2,4,6-12,18,20-21,39H,3,5,13-17,19H2,1H3/t20-,21+/m1/s1. The van der Waals surface area contributed by atoms with Crippen molar-refractivity contribution in [3.63, 3.8) is 0 Å². The van der Waals surface area contributed by atoms with Gasteiger partial charge in [-0.1, -0.05) is 35.9 Å². The Bertz CT molecular complexity index is 1430. The summed E-state index contributed by atoms with van der Waals surface area (Å²) in [4.78, 5) is 46.9. The molecule has 0 radical (unpaired) electrons. The van der Waals surface area contributed by atoms with Gasteiger partial charge in [-0.15, -0.1) is 11.3 Å². The number of carbonyl (C=O) groups is 3. The van der Waals surface area contributed by atoms with E-state index in [1.165, 1.54) is 16.2 Å². The van der Waals surface area contributed by atoms with Crippen molar-refractivity contribution in [3.8, 4) is 0 Å². The molecular formula is C31H32ClN3O4S. The van der Waals surface area contributed by atoms with E-state index in [2.05, 4.69) is 4.90 Å². The van der Waals surface area contributed by atoms with Gasteiger partial charge in [0.05, 0.1) is 34.4 Å². The summed E-state index contributed by atoms with van der Waals surface area (Å²) >= 11 is 7.54. The second-order valence-corrected chi connectivity index (χ2v) is 12.4. The van der Waals surface area contributed by atoms with Gasteiger partial charge >= 0.3 is 0 Å². The highest BCUT2D eigenvalue weighted by atomic mass is 35.5. The van der Waals surface area contributed by atoms with Crippen LogP contribution in [0.2, 0.25) is 5.02 Å². The van der Waals surface area contributed by atoms with E-state index in [1.807, 2.05) is 53.6 Å². The van der Waals surface area contributed by atoms with Crippen molar-refractivity contribution in [3.05, 3.63) is 86.6 Å². The smallest absolute Gasteiger partial charge is 0.264 e. The van der Waals surface area contributed by atoms with Crippen LogP contribution in [-0.4, -0.2) is 58.8 Å². The highest BCUT2D eigenvalue weighted by Gasteiger charge is 2.43. The zero-order valence-corrected chi connectivity index (χ0v) is 24.0.